The van der Waals surface area contributed by atoms with Gasteiger partial charge in [-0.1, -0.05) is 13.8 Å². The highest BCUT2D eigenvalue weighted by atomic mass is 16.5. The SMILES string of the molecule is CC(=O)OC1CCC2(C)C(CCC3C2CCC2(C)C(C(C)=O)CCC32)C1. The molecule has 0 aliphatic heterocycles. The molecule has 146 valence electrons. The van der Waals surface area contributed by atoms with Gasteiger partial charge in [-0.25, -0.2) is 0 Å². The van der Waals surface area contributed by atoms with E-state index in [9.17, 15) is 9.59 Å². The van der Waals surface area contributed by atoms with Gasteiger partial charge in [-0.3, -0.25) is 9.59 Å². The Hall–Kier alpha value is -0.860. The van der Waals surface area contributed by atoms with Gasteiger partial charge in [-0.2, -0.15) is 0 Å². The summed E-state index contributed by atoms with van der Waals surface area (Å²) in [6.45, 7) is 8.33. The predicted octanol–water partition coefficient (Wildman–Crippen LogP) is 5.17. The van der Waals surface area contributed by atoms with Crippen molar-refractivity contribution >= 4 is 11.8 Å². The quantitative estimate of drug-likeness (QED) is 0.638. The average Bonchev–Trinajstić information content (AvgIpc) is 2.92. The molecule has 4 fully saturated rings. The molecule has 26 heavy (non-hydrogen) atoms. The molecule has 8 unspecified atom stereocenters. The van der Waals surface area contributed by atoms with Crippen molar-refractivity contribution in [2.75, 3.05) is 0 Å². The van der Waals surface area contributed by atoms with Gasteiger partial charge in [0.1, 0.15) is 11.9 Å². The van der Waals surface area contributed by atoms with Crippen LogP contribution in [-0.2, 0) is 14.3 Å². The van der Waals surface area contributed by atoms with Gasteiger partial charge in [-0.15, -0.1) is 0 Å². The maximum absolute atomic E-state index is 12.2. The standard InChI is InChI=1S/C23H36O3/c1-14(24)19-7-8-20-18-6-5-16-13-17(26-15(2)25)9-11-22(16,3)21(18)10-12-23(19,20)4/h16-21H,5-13H2,1-4H3. The van der Waals surface area contributed by atoms with Crippen LogP contribution < -0.4 is 0 Å². The average molecular weight is 361 g/mol. The molecular formula is C23H36O3. The Balaban J connectivity index is 1.54. The van der Waals surface area contributed by atoms with Crippen molar-refractivity contribution in [1.82, 2.24) is 0 Å². The number of fused-ring (bicyclic) bond motifs is 5. The van der Waals surface area contributed by atoms with E-state index in [1.54, 1.807) is 0 Å². The van der Waals surface area contributed by atoms with Gasteiger partial charge >= 0.3 is 5.97 Å². The van der Waals surface area contributed by atoms with Gasteiger partial charge in [0, 0.05) is 12.8 Å². The van der Waals surface area contributed by atoms with E-state index in [1.165, 1.54) is 45.4 Å². The number of Topliss-reactive ketones (excluding diaryl/α,β-unsaturated/α-hetero) is 1. The summed E-state index contributed by atoms with van der Waals surface area (Å²) in [5.41, 5.74) is 0.667. The molecule has 0 aromatic rings. The zero-order valence-corrected chi connectivity index (χ0v) is 17.1. The number of hydrogen-bond donors (Lipinski definition) is 0. The van der Waals surface area contributed by atoms with Crippen molar-refractivity contribution < 1.29 is 14.3 Å². The smallest absolute Gasteiger partial charge is 0.302 e. The molecule has 3 nitrogen and oxygen atoms in total. The topological polar surface area (TPSA) is 43.4 Å². The summed E-state index contributed by atoms with van der Waals surface area (Å²) < 4.78 is 5.57. The third-order valence-electron chi connectivity index (χ3n) is 9.44. The summed E-state index contributed by atoms with van der Waals surface area (Å²) in [6.07, 6.45) is 11.0. The Bertz CT molecular complexity index is 598. The Morgan fingerprint density at radius 3 is 2.23 bits per heavy atom. The third kappa shape index (κ3) is 2.67. The maximum atomic E-state index is 12.2. The molecule has 0 radical (unpaired) electrons. The lowest BCUT2D eigenvalue weighted by Crippen LogP contribution is -2.54. The van der Waals surface area contributed by atoms with Gasteiger partial charge in [0.25, 0.3) is 0 Å². The number of esters is 1. The summed E-state index contributed by atoms with van der Waals surface area (Å²) in [7, 11) is 0. The lowest BCUT2D eigenvalue weighted by Gasteiger charge is -2.61. The van der Waals surface area contributed by atoms with E-state index in [4.69, 9.17) is 4.74 Å². The number of rotatable bonds is 2. The summed E-state index contributed by atoms with van der Waals surface area (Å²) >= 11 is 0. The summed E-state index contributed by atoms with van der Waals surface area (Å²) in [4.78, 5) is 23.6. The third-order valence-corrected chi connectivity index (χ3v) is 9.44. The van der Waals surface area contributed by atoms with E-state index < -0.39 is 0 Å². The van der Waals surface area contributed by atoms with Gasteiger partial charge in [0.2, 0.25) is 0 Å². The van der Waals surface area contributed by atoms with Crippen molar-refractivity contribution in [1.29, 1.82) is 0 Å². The summed E-state index contributed by atoms with van der Waals surface area (Å²) in [6, 6.07) is 0. The molecule has 0 aromatic carbocycles. The number of carbonyl (C=O) groups excluding carboxylic acids is 2. The number of hydrogen-bond acceptors (Lipinski definition) is 3. The van der Waals surface area contributed by atoms with Crippen LogP contribution in [0.2, 0.25) is 0 Å². The minimum Gasteiger partial charge on any atom is -0.463 e. The molecule has 3 heteroatoms. The zero-order chi connectivity index (χ0) is 18.7. The Kier molecular flexibility index (Phi) is 4.51. The molecule has 4 aliphatic rings. The van der Waals surface area contributed by atoms with Crippen LogP contribution in [0.5, 0.6) is 0 Å². The van der Waals surface area contributed by atoms with Crippen molar-refractivity contribution in [2.45, 2.75) is 91.6 Å². The fourth-order valence-electron chi connectivity index (χ4n) is 8.23. The lowest BCUT2D eigenvalue weighted by atomic mass is 9.44. The van der Waals surface area contributed by atoms with Crippen LogP contribution in [-0.4, -0.2) is 17.9 Å². The van der Waals surface area contributed by atoms with E-state index in [-0.39, 0.29) is 17.5 Å². The highest BCUT2D eigenvalue weighted by Gasteiger charge is 2.60. The fraction of sp³-hybridized carbons (Fsp3) is 0.913. The van der Waals surface area contributed by atoms with E-state index in [1.807, 2.05) is 6.92 Å². The van der Waals surface area contributed by atoms with Crippen molar-refractivity contribution in [3.8, 4) is 0 Å². The minimum absolute atomic E-state index is 0.123. The van der Waals surface area contributed by atoms with E-state index >= 15 is 0 Å². The summed E-state index contributed by atoms with van der Waals surface area (Å²) in [5, 5.41) is 0. The Labute approximate surface area is 158 Å². The highest BCUT2D eigenvalue weighted by molar-refractivity contribution is 5.79. The second-order valence-electron chi connectivity index (χ2n) is 10.4. The molecule has 0 N–H and O–H groups in total. The van der Waals surface area contributed by atoms with Crippen LogP contribution in [0.25, 0.3) is 0 Å². The molecule has 0 spiro atoms. The minimum atomic E-state index is -0.123. The molecule has 8 atom stereocenters. The van der Waals surface area contributed by atoms with Crippen LogP contribution in [0.15, 0.2) is 0 Å². The first kappa shape index (κ1) is 18.5. The molecular weight excluding hydrogens is 324 g/mol. The van der Waals surface area contributed by atoms with Crippen molar-refractivity contribution in [3.63, 3.8) is 0 Å². The van der Waals surface area contributed by atoms with Crippen LogP contribution >= 0.6 is 0 Å². The van der Waals surface area contributed by atoms with E-state index in [0.717, 1.165) is 37.0 Å². The molecule has 4 aliphatic carbocycles. The van der Waals surface area contributed by atoms with Crippen LogP contribution in [0.4, 0.5) is 0 Å². The first-order chi connectivity index (χ1) is 12.3. The highest BCUT2D eigenvalue weighted by Crippen LogP contribution is 2.67. The Morgan fingerprint density at radius 2 is 1.54 bits per heavy atom. The number of ketones is 1. The maximum Gasteiger partial charge on any atom is 0.302 e. The second-order valence-corrected chi connectivity index (χ2v) is 10.4. The lowest BCUT2D eigenvalue weighted by molar-refractivity contribution is -0.161. The monoisotopic (exact) mass is 360 g/mol. The van der Waals surface area contributed by atoms with Crippen molar-refractivity contribution in [2.24, 2.45) is 40.4 Å². The second kappa shape index (κ2) is 6.34. The Morgan fingerprint density at radius 1 is 0.846 bits per heavy atom. The number of carbonyl (C=O) groups is 2. The normalized spacial score (nSPS) is 50.3. The fourth-order valence-corrected chi connectivity index (χ4v) is 8.23. The largest absolute Gasteiger partial charge is 0.463 e. The molecule has 0 heterocycles. The van der Waals surface area contributed by atoms with Crippen LogP contribution in [0.1, 0.15) is 85.5 Å². The zero-order valence-electron chi connectivity index (χ0n) is 17.1. The van der Waals surface area contributed by atoms with Gasteiger partial charge in [-0.05, 0) is 99.2 Å². The van der Waals surface area contributed by atoms with Crippen LogP contribution in [0, 0.1) is 40.4 Å². The summed E-state index contributed by atoms with van der Waals surface area (Å²) in [5.74, 6) is 3.68. The van der Waals surface area contributed by atoms with Gasteiger partial charge in [0.05, 0.1) is 0 Å². The molecule has 0 bridgehead atoms. The van der Waals surface area contributed by atoms with Crippen molar-refractivity contribution in [3.05, 3.63) is 0 Å². The molecule has 0 saturated heterocycles. The van der Waals surface area contributed by atoms with Gasteiger partial charge < -0.3 is 4.74 Å². The molecule has 4 rings (SSSR count). The van der Waals surface area contributed by atoms with Gasteiger partial charge in [0.15, 0.2) is 0 Å². The van der Waals surface area contributed by atoms with E-state index in [0.29, 0.717) is 23.0 Å². The van der Waals surface area contributed by atoms with E-state index in [2.05, 4.69) is 13.8 Å². The first-order valence-electron chi connectivity index (χ1n) is 10.9. The van der Waals surface area contributed by atoms with Crippen LogP contribution in [0.3, 0.4) is 0 Å². The first-order valence-corrected chi connectivity index (χ1v) is 10.9. The number of ether oxygens (including phenoxy) is 1. The molecule has 4 saturated carbocycles. The predicted molar refractivity (Wildman–Crippen MR) is 101 cm³/mol. The molecule has 0 aromatic heterocycles. The molecule has 0 amide bonds.